The van der Waals surface area contributed by atoms with Crippen molar-refractivity contribution >= 4 is 23.2 Å². The molecule has 0 radical (unpaired) electrons. The summed E-state index contributed by atoms with van der Waals surface area (Å²) in [4.78, 5) is 30.1. The van der Waals surface area contributed by atoms with Crippen LogP contribution in [-0.2, 0) is 6.18 Å². The first-order valence-corrected chi connectivity index (χ1v) is 11.8. The van der Waals surface area contributed by atoms with E-state index in [2.05, 4.69) is 30.6 Å². The van der Waals surface area contributed by atoms with Crippen molar-refractivity contribution in [2.45, 2.75) is 20.0 Å². The number of anilines is 3. The van der Waals surface area contributed by atoms with Gasteiger partial charge in [-0.3, -0.25) is 9.78 Å². The third-order valence-electron chi connectivity index (χ3n) is 5.87. The van der Waals surface area contributed by atoms with Gasteiger partial charge >= 0.3 is 6.18 Å². The maximum absolute atomic E-state index is 13.6. The molecule has 3 heterocycles. The number of carbonyl (C=O) groups is 1. The summed E-state index contributed by atoms with van der Waals surface area (Å²) >= 11 is 0. The highest BCUT2D eigenvalue weighted by molar-refractivity contribution is 6.05. The molecule has 0 saturated carbocycles. The van der Waals surface area contributed by atoms with E-state index in [1.807, 2.05) is 13.0 Å². The smallest absolute Gasteiger partial charge is 0.412 e. The Labute approximate surface area is 227 Å². The monoisotopic (exact) mass is 547 g/mol. The lowest BCUT2D eigenvalue weighted by molar-refractivity contribution is -0.137. The largest absolute Gasteiger partial charge is 0.416 e. The maximum atomic E-state index is 13.6. The van der Waals surface area contributed by atoms with Crippen LogP contribution in [0.15, 0.2) is 85.7 Å². The molecule has 5 rings (SSSR count). The number of nitrogens with one attached hydrogen (secondary N) is 2. The van der Waals surface area contributed by atoms with Gasteiger partial charge < -0.3 is 20.7 Å². The van der Waals surface area contributed by atoms with Gasteiger partial charge in [-0.1, -0.05) is 6.07 Å². The number of nitrogens with zero attached hydrogens (tertiary/aromatic N) is 5. The van der Waals surface area contributed by atoms with Crippen LogP contribution in [-0.4, -0.2) is 35.9 Å². The van der Waals surface area contributed by atoms with Gasteiger partial charge in [-0.15, -0.1) is 0 Å². The summed E-state index contributed by atoms with van der Waals surface area (Å²) in [7, 11) is 0. The average Bonchev–Trinajstić information content (AvgIpc) is 3.36. The number of imidazole rings is 1. The predicted octanol–water partition coefficient (Wildman–Crippen LogP) is 5.53. The highest BCUT2D eigenvalue weighted by atomic mass is 19.4. The van der Waals surface area contributed by atoms with Gasteiger partial charge in [-0.2, -0.15) is 13.2 Å². The first kappa shape index (κ1) is 27.9. The molecule has 12 heteroatoms. The second-order valence-corrected chi connectivity index (χ2v) is 8.80. The molecule has 4 N–H and O–H groups in total. The van der Waals surface area contributed by atoms with Crippen LogP contribution in [0, 0.1) is 13.8 Å². The molecule has 0 bridgehead atoms. The summed E-state index contributed by atoms with van der Waals surface area (Å²) in [5.41, 5.74) is 3.09. The number of alkyl halides is 3. The molecule has 0 aliphatic rings. The third kappa shape index (κ3) is 6.30. The Morgan fingerprint density at radius 1 is 0.975 bits per heavy atom. The number of aromatic nitrogens is 5. The van der Waals surface area contributed by atoms with Crippen molar-refractivity contribution in [3.05, 3.63) is 108 Å². The summed E-state index contributed by atoms with van der Waals surface area (Å²) in [6, 6.07) is 13.7. The van der Waals surface area contributed by atoms with Crippen molar-refractivity contribution < 1.29 is 23.4 Å². The van der Waals surface area contributed by atoms with Gasteiger partial charge in [0.15, 0.2) is 0 Å². The van der Waals surface area contributed by atoms with E-state index in [-0.39, 0.29) is 22.4 Å². The average molecular weight is 548 g/mol. The van der Waals surface area contributed by atoms with E-state index in [1.165, 1.54) is 17.0 Å². The van der Waals surface area contributed by atoms with Crippen LogP contribution in [0.5, 0.6) is 0 Å². The molecule has 0 fully saturated rings. The van der Waals surface area contributed by atoms with Crippen molar-refractivity contribution in [1.82, 2.24) is 24.5 Å². The van der Waals surface area contributed by atoms with E-state index in [9.17, 15) is 18.0 Å². The van der Waals surface area contributed by atoms with Crippen LogP contribution in [0.2, 0.25) is 0 Å². The molecule has 5 aromatic rings. The standard InChI is InChI=1S/C28H22F3N7O.H2O/c1-17-5-6-19(10-25(17)37-27-33-9-7-24(36-27)20-4-3-8-32-14-20)26(39)35-22-11-21(28(29,30)31)12-23(13-22)38-15-18(2)34-16-38;/h3-16H,1-2H3,(H,35,39)(H,33,36,37);1H2. The summed E-state index contributed by atoms with van der Waals surface area (Å²) in [6.45, 7) is 3.58. The Morgan fingerprint density at radius 3 is 2.50 bits per heavy atom. The van der Waals surface area contributed by atoms with Gasteiger partial charge in [0.25, 0.3) is 5.91 Å². The van der Waals surface area contributed by atoms with Gasteiger partial charge in [0.1, 0.15) is 0 Å². The lowest BCUT2D eigenvalue weighted by Gasteiger charge is -2.14. The van der Waals surface area contributed by atoms with Crippen LogP contribution in [0.3, 0.4) is 0 Å². The summed E-state index contributed by atoms with van der Waals surface area (Å²) in [5, 5.41) is 5.71. The molecule has 0 aliphatic carbocycles. The molecule has 2 aromatic carbocycles. The second-order valence-electron chi connectivity index (χ2n) is 8.80. The maximum Gasteiger partial charge on any atom is 0.416 e. The first-order chi connectivity index (χ1) is 18.7. The summed E-state index contributed by atoms with van der Waals surface area (Å²) < 4.78 is 42.3. The SMILES string of the molecule is Cc1cn(-c2cc(NC(=O)c3ccc(C)c(Nc4nccc(-c5cccnc5)n4)c3)cc(C(F)(F)F)c2)cn1.O. The van der Waals surface area contributed by atoms with E-state index in [4.69, 9.17) is 0 Å². The van der Waals surface area contributed by atoms with Gasteiger partial charge in [-0.25, -0.2) is 15.0 Å². The van der Waals surface area contributed by atoms with Crippen LogP contribution in [0.4, 0.5) is 30.5 Å². The number of amides is 1. The minimum atomic E-state index is -4.60. The first-order valence-electron chi connectivity index (χ1n) is 11.8. The quantitative estimate of drug-likeness (QED) is 0.288. The molecule has 0 spiro atoms. The van der Waals surface area contributed by atoms with Crippen molar-refractivity contribution in [2.75, 3.05) is 10.6 Å². The fourth-order valence-corrected chi connectivity index (χ4v) is 3.87. The molecule has 1 amide bonds. The molecule has 0 unspecified atom stereocenters. The molecule has 3 aromatic heterocycles. The zero-order valence-electron chi connectivity index (χ0n) is 21.4. The van der Waals surface area contributed by atoms with E-state index in [0.29, 0.717) is 23.0 Å². The van der Waals surface area contributed by atoms with Crippen molar-refractivity contribution in [3.8, 4) is 16.9 Å². The Balaban J connectivity index is 0.00000370. The number of hydrogen-bond acceptors (Lipinski definition) is 6. The fourth-order valence-electron chi connectivity index (χ4n) is 3.87. The molecule has 40 heavy (non-hydrogen) atoms. The van der Waals surface area contributed by atoms with Gasteiger partial charge in [-0.05, 0) is 67.9 Å². The van der Waals surface area contributed by atoms with Gasteiger partial charge in [0, 0.05) is 53.0 Å². The van der Waals surface area contributed by atoms with E-state index < -0.39 is 17.6 Å². The molecule has 204 valence electrons. The van der Waals surface area contributed by atoms with Crippen molar-refractivity contribution in [2.24, 2.45) is 0 Å². The number of carbonyl (C=O) groups excluding carboxylic acids is 1. The normalized spacial score (nSPS) is 11.0. The summed E-state index contributed by atoms with van der Waals surface area (Å²) in [6.07, 6.45) is 3.38. The van der Waals surface area contributed by atoms with Gasteiger partial charge in [0.2, 0.25) is 5.95 Å². The number of rotatable bonds is 6. The number of halogens is 3. The van der Waals surface area contributed by atoms with Crippen LogP contribution in [0.1, 0.15) is 27.2 Å². The van der Waals surface area contributed by atoms with Crippen molar-refractivity contribution in [3.63, 3.8) is 0 Å². The Kier molecular flexibility index (Phi) is 7.91. The molecule has 0 aliphatic heterocycles. The molecule has 9 nitrogen and oxygen atoms in total. The highest BCUT2D eigenvalue weighted by Crippen LogP contribution is 2.33. The second kappa shape index (κ2) is 11.3. The highest BCUT2D eigenvalue weighted by Gasteiger charge is 2.31. The topological polar surface area (TPSA) is 129 Å². The number of hydrogen-bond donors (Lipinski definition) is 2. The Bertz CT molecular complexity index is 1650. The number of aryl methyl sites for hydroxylation is 2. The molecule has 0 atom stereocenters. The zero-order valence-corrected chi connectivity index (χ0v) is 21.4. The lowest BCUT2D eigenvalue weighted by Crippen LogP contribution is -2.14. The fraction of sp³-hybridized carbons (Fsp3) is 0.107. The Morgan fingerprint density at radius 2 is 1.80 bits per heavy atom. The van der Waals surface area contributed by atoms with Crippen LogP contribution < -0.4 is 10.6 Å². The van der Waals surface area contributed by atoms with E-state index in [0.717, 1.165) is 23.3 Å². The number of pyridine rings is 1. The molecule has 0 saturated heterocycles. The van der Waals surface area contributed by atoms with Crippen molar-refractivity contribution in [1.29, 1.82) is 0 Å². The zero-order chi connectivity index (χ0) is 27.6. The lowest BCUT2D eigenvalue weighted by atomic mass is 10.1. The minimum Gasteiger partial charge on any atom is -0.412 e. The third-order valence-corrected chi connectivity index (χ3v) is 5.87. The Hall–Kier alpha value is -5.10. The number of benzene rings is 2. The predicted molar refractivity (Wildman–Crippen MR) is 145 cm³/mol. The summed E-state index contributed by atoms with van der Waals surface area (Å²) in [5.74, 6) is -0.259. The van der Waals surface area contributed by atoms with Crippen LogP contribution >= 0.6 is 0 Å². The van der Waals surface area contributed by atoms with Crippen LogP contribution in [0.25, 0.3) is 16.9 Å². The van der Waals surface area contributed by atoms with Gasteiger partial charge in [0.05, 0.1) is 23.3 Å². The van der Waals surface area contributed by atoms with E-state index >= 15 is 0 Å². The molecular weight excluding hydrogens is 523 g/mol. The van der Waals surface area contributed by atoms with E-state index in [1.54, 1.807) is 62.0 Å². The minimum absolute atomic E-state index is 0. The molecular formula is C28H24F3N7O2.